The second-order valence-electron chi connectivity index (χ2n) is 8.67. The number of fused-ring (bicyclic) bond motifs is 1. The Morgan fingerprint density at radius 2 is 1.69 bits per heavy atom. The zero-order valence-corrected chi connectivity index (χ0v) is 17.5. The molecule has 2 heterocycles. The number of nitrogens with zero attached hydrogens (tertiary/aromatic N) is 1. The molecular weight excluding hydrogens is 380 g/mol. The van der Waals surface area contributed by atoms with Gasteiger partial charge in [0, 0.05) is 22.5 Å². The highest BCUT2D eigenvalue weighted by atomic mass is 32.1. The maximum Gasteiger partial charge on any atom is 0.254 e. The molecule has 0 radical (unpaired) electrons. The number of hydrogen-bond acceptors (Lipinski definition) is 3. The SMILES string of the molecule is O=C(NC1CCCC1)[C@@H]1c2ccccc2C(=O)N(C2CCCC2)[C@@H]1c1cccs1. The second-order valence-corrected chi connectivity index (χ2v) is 9.65. The summed E-state index contributed by atoms with van der Waals surface area (Å²) < 4.78 is 0. The summed E-state index contributed by atoms with van der Waals surface area (Å²) in [4.78, 5) is 30.5. The number of carbonyl (C=O) groups is 2. The Labute approximate surface area is 176 Å². The lowest BCUT2D eigenvalue weighted by Crippen LogP contribution is -2.51. The largest absolute Gasteiger partial charge is 0.353 e. The highest BCUT2D eigenvalue weighted by Gasteiger charge is 2.47. The van der Waals surface area contributed by atoms with Crippen molar-refractivity contribution in [3.05, 3.63) is 57.8 Å². The number of nitrogens with one attached hydrogen (secondary N) is 1. The predicted octanol–water partition coefficient (Wildman–Crippen LogP) is 5.03. The van der Waals surface area contributed by atoms with Gasteiger partial charge >= 0.3 is 0 Å². The van der Waals surface area contributed by atoms with Gasteiger partial charge in [0.05, 0.1) is 12.0 Å². The van der Waals surface area contributed by atoms with Crippen molar-refractivity contribution in [2.75, 3.05) is 0 Å². The minimum absolute atomic E-state index is 0.0817. The van der Waals surface area contributed by atoms with Crippen LogP contribution in [0.1, 0.15) is 84.1 Å². The molecule has 0 spiro atoms. The summed E-state index contributed by atoms with van der Waals surface area (Å²) in [6.45, 7) is 0. The van der Waals surface area contributed by atoms with Crippen LogP contribution in [0, 0.1) is 0 Å². The number of carbonyl (C=O) groups excluding carboxylic acids is 2. The van der Waals surface area contributed by atoms with E-state index in [1.807, 2.05) is 30.3 Å². The zero-order chi connectivity index (χ0) is 19.8. The van der Waals surface area contributed by atoms with Gasteiger partial charge in [-0.05, 0) is 48.8 Å². The van der Waals surface area contributed by atoms with Crippen LogP contribution >= 0.6 is 11.3 Å². The van der Waals surface area contributed by atoms with E-state index in [0.29, 0.717) is 5.56 Å². The van der Waals surface area contributed by atoms with Crippen molar-refractivity contribution in [3.63, 3.8) is 0 Å². The smallest absolute Gasteiger partial charge is 0.254 e. The average Bonchev–Trinajstić information content (AvgIpc) is 3.50. The topological polar surface area (TPSA) is 49.4 Å². The van der Waals surface area contributed by atoms with E-state index in [4.69, 9.17) is 0 Å². The van der Waals surface area contributed by atoms with Gasteiger partial charge in [-0.3, -0.25) is 9.59 Å². The van der Waals surface area contributed by atoms with Crippen LogP contribution in [0.3, 0.4) is 0 Å². The van der Waals surface area contributed by atoms with Crippen molar-refractivity contribution >= 4 is 23.2 Å². The summed E-state index contributed by atoms with van der Waals surface area (Å²) in [7, 11) is 0. The van der Waals surface area contributed by atoms with E-state index < -0.39 is 0 Å². The maximum absolute atomic E-state index is 13.6. The lowest BCUT2D eigenvalue weighted by molar-refractivity contribution is -0.125. The normalized spacial score (nSPS) is 25.4. The molecule has 3 aliphatic rings. The molecule has 5 rings (SSSR count). The Morgan fingerprint density at radius 1 is 0.966 bits per heavy atom. The lowest BCUT2D eigenvalue weighted by atomic mass is 9.80. The number of rotatable bonds is 4. The first kappa shape index (κ1) is 18.9. The van der Waals surface area contributed by atoms with Gasteiger partial charge in [0.1, 0.15) is 0 Å². The first-order chi connectivity index (χ1) is 14.2. The van der Waals surface area contributed by atoms with Gasteiger partial charge in [-0.25, -0.2) is 0 Å². The molecule has 1 aromatic carbocycles. The molecular formula is C24H28N2O2S. The van der Waals surface area contributed by atoms with Gasteiger partial charge in [-0.2, -0.15) is 0 Å². The van der Waals surface area contributed by atoms with Gasteiger partial charge in [0.2, 0.25) is 5.91 Å². The third kappa shape index (κ3) is 3.39. The molecule has 2 aliphatic carbocycles. The van der Waals surface area contributed by atoms with Gasteiger partial charge < -0.3 is 10.2 Å². The Bertz CT molecular complexity index is 882. The minimum atomic E-state index is -0.344. The van der Waals surface area contributed by atoms with E-state index in [1.165, 1.54) is 12.8 Å². The van der Waals surface area contributed by atoms with Crippen LogP contribution in [0.2, 0.25) is 0 Å². The number of amides is 2. The highest BCUT2D eigenvalue weighted by Crippen LogP contribution is 2.47. The van der Waals surface area contributed by atoms with Crippen molar-refractivity contribution in [1.29, 1.82) is 0 Å². The second kappa shape index (κ2) is 7.94. The highest BCUT2D eigenvalue weighted by molar-refractivity contribution is 7.10. The Balaban J connectivity index is 1.60. The molecule has 2 atom stereocenters. The van der Waals surface area contributed by atoms with Crippen LogP contribution in [0.25, 0.3) is 0 Å². The van der Waals surface area contributed by atoms with Crippen molar-refractivity contribution in [2.24, 2.45) is 0 Å². The summed E-state index contributed by atoms with van der Waals surface area (Å²) in [5.41, 5.74) is 1.60. The van der Waals surface area contributed by atoms with E-state index >= 15 is 0 Å². The molecule has 29 heavy (non-hydrogen) atoms. The molecule has 2 saturated carbocycles. The molecule has 0 saturated heterocycles. The zero-order valence-electron chi connectivity index (χ0n) is 16.7. The molecule has 152 valence electrons. The molecule has 1 N–H and O–H groups in total. The summed E-state index contributed by atoms with van der Waals surface area (Å²) in [5, 5.41) is 5.39. The van der Waals surface area contributed by atoms with Crippen LogP contribution < -0.4 is 5.32 Å². The molecule has 0 bridgehead atoms. The summed E-state index contributed by atoms with van der Waals surface area (Å²) in [6.07, 6.45) is 8.89. The molecule has 2 fully saturated rings. The van der Waals surface area contributed by atoms with E-state index in [0.717, 1.165) is 49.0 Å². The maximum atomic E-state index is 13.6. The third-order valence-electron chi connectivity index (χ3n) is 6.91. The number of hydrogen-bond donors (Lipinski definition) is 1. The predicted molar refractivity (Wildman–Crippen MR) is 115 cm³/mol. The van der Waals surface area contributed by atoms with Crippen LogP contribution in [0.5, 0.6) is 0 Å². The molecule has 0 unspecified atom stereocenters. The lowest BCUT2D eigenvalue weighted by Gasteiger charge is -2.44. The summed E-state index contributed by atoms with van der Waals surface area (Å²) >= 11 is 1.66. The van der Waals surface area contributed by atoms with Gasteiger partial charge in [-0.15, -0.1) is 11.3 Å². The fraction of sp³-hybridized carbons (Fsp3) is 0.500. The van der Waals surface area contributed by atoms with Crippen LogP contribution in [-0.4, -0.2) is 28.8 Å². The van der Waals surface area contributed by atoms with Crippen molar-refractivity contribution in [3.8, 4) is 0 Å². The summed E-state index contributed by atoms with van der Waals surface area (Å²) in [6, 6.07) is 12.2. The van der Waals surface area contributed by atoms with Crippen molar-refractivity contribution < 1.29 is 9.59 Å². The Hall–Kier alpha value is -2.14. The van der Waals surface area contributed by atoms with E-state index in [1.54, 1.807) is 11.3 Å². The van der Waals surface area contributed by atoms with Crippen molar-refractivity contribution in [2.45, 2.75) is 75.4 Å². The monoisotopic (exact) mass is 408 g/mol. The minimum Gasteiger partial charge on any atom is -0.353 e. The average molecular weight is 409 g/mol. The van der Waals surface area contributed by atoms with Crippen LogP contribution in [0.4, 0.5) is 0 Å². The van der Waals surface area contributed by atoms with Crippen LogP contribution in [0.15, 0.2) is 41.8 Å². The molecule has 2 amide bonds. The molecule has 1 aromatic heterocycles. The van der Waals surface area contributed by atoms with Gasteiger partial charge in [0.25, 0.3) is 5.91 Å². The Morgan fingerprint density at radius 3 is 2.41 bits per heavy atom. The Kier molecular flexibility index (Phi) is 5.17. The standard InChI is InChI=1S/C24H28N2O2S/c27-23(25-16-8-1-2-9-16)21-18-12-5-6-13-19(18)24(28)26(17-10-3-4-11-17)22(21)20-14-7-15-29-20/h5-7,12-17,21-22H,1-4,8-11H2,(H,25,27)/t21-,22-/m1/s1. The van der Waals surface area contributed by atoms with Crippen molar-refractivity contribution in [1.82, 2.24) is 10.2 Å². The van der Waals surface area contributed by atoms with E-state index in [-0.39, 0.29) is 35.9 Å². The summed E-state index contributed by atoms with van der Waals surface area (Å²) in [5.74, 6) is -0.169. The van der Waals surface area contributed by atoms with E-state index in [9.17, 15) is 9.59 Å². The first-order valence-corrected chi connectivity index (χ1v) is 11.9. The van der Waals surface area contributed by atoms with E-state index in [2.05, 4.69) is 21.7 Å². The fourth-order valence-corrected chi connectivity index (χ4v) is 6.40. The third-order valence-corrected chi connectivity index (χ3v) is 7.86. The van der Waals surface area contributed by atoms with Gasteiger partial charge in [-0.1, -0.05) is 49.9 Å². The first-order valence-electron chi connectivity index (χ1n) is 11.0. The fourth-order valence-electron chi connectivity index (χ4n) is 5.54. The number of benzene rings is 1. The molecule has 2 aromatic rings. The number of thiophene rings is 1. The van der Waals surface area contributed by atoms with Gasteiger partial charge in [0.15, 0.2) is 0 Å². The molecule has 1 aliphatic heterocycles. The molecule has 5 heteroatoms. The quantitative estimate of drug-likeness (QED) is 0.771. The van der Waals surface area contributed by atoms with Crippen LogP contribution in [-0.2, 0) is 4.79 Å². The molecule has 4 nitrogen and oxygen atoms in total.